The number of carbonyl (C=O) groups excluding carboxylic acids is 1. The number of amides is 1. The molecule has 0 aliphatic carbocycles. The molecule has 0 saturated carbocycles. The van der Waals surface area contributed by atoms with Gasteiger partial charge in [-0.05, 0) is 54.3 Å². The first kappa shape index (κ1) is 23.1. The van der Waals surface area contributed by atoms with Crippen LogP contribution < -0.4 is 9.21 Å². The number of hydrogen-bond donors (Lipinski definition) is 0. The summed E-state index contributed by atoms with van der Waals surface area (Å²) in [5.74, 6) is 0.103. The standard InChI is InChI=1S/C24H29N5O3S/c1-19(30)27-12-14-28(15-13-27)23-9-10-24-22(16-23)4-3-11-29(24)33(31,32)26(2)18-21-7-5-20(17-25)6-8-21/h5-10,16H,3-4,11-15,18H2,1-2H3. The third-order valence-electron chi connectivity index (χ3n) is 6.39. The third kappa shape index (κ3) is 4.82. The first-order valence-electron chi connectivity index (χ1n) is 11.2. The maximum atomic E-state index is 13.4. The van der Waals surface area contributed by atoms with Crippen LogP contribution >= 0.6 is 0 Å². The van der Waals surface area contributed by atoms with Gasteiger partial charge in [-0.3, -0.25) is 9.10 Å². The summed E-state index contributed by atoms with van der Waals surface area (Å²) >= 11 is 0. The molecule has 9 heteroatoms. The number of nitrogens with zero attached hydrogens (tertiary/aromatic N) is 5. The Morgan fingerprint density at radius 1 is 1.06 bits per heavy atom. The number of nitriles is 1. The Morgan fingerprint density at radius 2 is 1.76 bits per heavy atom. The fraction of sp³-hybridized carbons (Fsp3) is 0.417. The Hall–Kier alpha value is -3.09. The normalized spacial score (nSPS) is 16.5. The van der Waals surface area contributed by atoms with Crippen molar-refractivity contribution in [3.63, 3.8) is 0 Å². The number of rotatable bonds is 5. The summed E-state index contributed by atoms with van der Waals surface area (Å²) in [4.78, 5) is 15.7. The highest BCUT2D eigenvalue weighted by Crippen LogP contribution is 2.34. The van der Waals surface area contributed by atoms with Crippen LogP contribution in [0, 0.1) is 11.3 Å². The van der Waals surface area contributed by atoms with Crippen LogP contribution in [0.15, 0.2) is 42.5 Å². The maximum Gasteiger partial charge on any atom is 0.304 e. The van der Waals surface area contributed by atoms with Gasteiger partial charge in [-0.1, -0.05) is 12.1 Å². The Bertz CT molecular complexity index is 1170. The van der Waals surface area contributed by atoms with Gasteiger partial charge in [0.25, 0.3) is 0 Å². The lowest BCUT2D eigenvalue weighted by Gasteiger charge is -2.37. The van der Waals surface area contributed by atoms with Gasteiger partial charge in [0.2, 0.25) is 5.91 Å². The summed E-state index contributed by atoms with van der Waals surface area (Å²) in [6.45, 7) is 5.23. The number of fused-ring (bicyclic) bond motifs is 1. The average molecular weight is 468 g/mol. The van der Waals surface area contributed by atoms with Crippen LogP contribution in [0.1, 0.15) is 30.0 Å². The van der Waals surface area contributed by atoms with E-state index in [0.29, 0.717) is 25.2 Å². The SMILES string of the molecule is CC(=O)N1CCN(c2ccc3c(c2)CCCN3S(=O)(=O)N(C)Cc2ccc(C#N)cc2)CC1. The molecule has 2 aromatic carbocycles. The van der Waals surface area contributed by atoms with Crippen molar-refractivity contribution in [2.75, 3.05) is 49.0 Å². The molecule has 174 valence electrons. The molecule has 0 atom stereocenters. The molecule has 33 heavy (non-hydrogen) atoms. The molecule has 2 aromatic rings. The molecule has 2 aliphatic rings. The summed E-state index contributed by atoms with van der Waals surface area (Å²) in [5.41, 5.74) is 4.22. The van der Waals surface area contributed by atoms with Gasteiger partial charge in [-0.2, -0.15) is 18.0 Å². The summed E-state index contributed by atoms with van der Waals surface area (Å²) in [5, 5.41) is 8.96. The second kappa shape index (κ2) is 9.41. The number of anilines is 2. The first-order chi connectivity index (χ1) is 15.8. The molecule has 0 N–H and O–H groups in total. The molecular weight excluding hydrogens is 438 g/mol. The van der Waals surface area contributed by atoms with Gasteiger partial charge in [-0.25, -0.2) is 0 Å². The largest absolute Gasteiger partial charge is 0.368 e. The highest BCUT2D eigenvalue weighted by molar-refractivity contribution is 7.90. The third-order valence-corrected chi connectivity index (χ3v) is 8.24. The monoisotopic (exact) mass is 467 g/mol. The fourth-order valence-electron chi connectivity index (χ4n) is 4.46. The lowest BCUT2D eigenvalue weighted by Crippen LogP contribution is -2.48. The molecule has 1 saturated heterocycles. The predicted molar refractivity (Wildman–Crippen MR) is 128 cm³/mol. The molecule has 1 fully saturated rings. The van der Waals surface area contributed by atoms with Crippen molar-refractivity contribution in [3.8, 4) is 6.07 Å². The van der Waals surface area contributed by atoms with Crippen LogP contribution in [0.3, 0.4) is 0 Å². The highest BCUT2D eigenvalue weighted by Gasteiger charge is 2.31. The van der Waals surface area contributed by atoms with E-state index in [0.717, 1.165) is 48.4 Å². The molecule has 1 amide bonds. The Balaban J connectivity index is 1.51. The van der Waals surface area contributed by atoms with Crippen molar-refractivity contribution < 1.29 is 13.2 Å². The summed E-state index contributed by atoms with van der Waals surface area (Å²) in [6, 6.07) is 15.0. The van der Waals surface area contributed by atoms with Crippen molar-refractivity contribution in [2.24, 2.45) is 0 Å². The topological polar surface area (TPSA) is 88.0 Å². The predicted octanol–water partition coefficient (Wildman–Crippen LogP) is 2.36. The number of hydrogen-bond acceptors (Lipinski definition) is 5. The fourth-order valence-corrected chi connectivity index (χ4v) is 5.89. The minimum atomic E-state index is -3.70. The quantitative estimate of drug-likeness (QED) is 0.674. The molecule has 0 bridgehead atoms. The molecule has 0 unspecified atom stereocenters. The summed E-state index contributed by atoms with van der Waals surface area (Å²) in [6.07, 6.45) is 1.60. The molecule has 2 heterocycles. The second-order valence-electron chi connectivity index (χ2n) is 8.55. The van der Waals surface area contributed by atoms with E-state index in [1.807, 2.05) is 17.0 Å². The van der Waals surface area contributed by atoms with Crippen LogP contribution in [0.2, 0.25) is 0 Å². The minimum absolute atomic E-state index is 0.103. The van der Waals surface area contributed by atoms with E-state index < -0.39 is 10.2 Å². The molecule has 0 aromatic heterocycles. The Morgan fingerprint density at radius 3 is 2.39 bits per heavy atom. The van der Waals surface area contributed by atoms with Crippen molar-refractivity contribution in [1.82, 2.24) is 9.21 Å². The van der Waals surface area contributed by atoms with Crippen LogP contribution in [-0.4, -0.2) is 63.3 Å². The van der Waals surface area contributed by atoms with Gasteiger partial charge in [-0.15, -0.1) is 0 Å². The summed E-state index contributed by atoms with van der Waals surface area (Å²) < 4.78 is 29.7. The van der Waals surface area contributed by atoms with E-state index >= 15 is 0 Å². The zero-order valence-electron chi connectivity index (χ0n) is 19.1. The van der Waals surface area contributed by atoms with Crippen molar-refractivity contribution >= 4 is 27.5 Å². The van der Waals surface area contributed by atoms with Crippen LogP contribution in [0.4, 0.5) is 11.4 Å². The summed E-state index contributed by atoms with van der Waals surface area (Å²) in [7, 11) is -2.11. The van der Waals surface area contributed by atoms with Gasteiger partial charge in [0.15, 0.2) is 0 Å². The molecule has 0 spiro atoms. The molecule has 8 nitrogen and oxygen atoms in total. The highest BCUT2D eigenvalue weighted by atomic mass is 32.2. The minimum Gasteiger partial charge on any atom is -0.368 e. The van der Waals surface area contributed by atoms with Gasteiger partial charge in [0.05, 0.1) is 17.3 Å². The van der Waals surface area contributed by atoms with E-state index in [2.05, 4.69) is 17.0 Å². The van der Waals surface area contributed by atoms with Crippen molar-refractivity contribution in [3.05, 3.63) is 59.2 Å². The molecule has 4 rings (SSSR count). The first-order valence-corrected chi connectivity index (χ1v) is 12.6. The zero-order valence-corrected chi connectivity index (χ0v) is 19.9. The van der Waals surface area contributed by atoms with Gasteiger partial charge in [0, 0.05) is 58.9 Å². The van der Waals surface area contributed by atoms with Crippen LogP contribution in [-0.2, 0) is 28.0 Å². The van der Waals surface area contributed by atoms with Crippen molar-refractivity contribution in [2.45, 2.75) is 26.3 Å². The number of piperazine rings is 1. The molecule has 0 radical (unpaired) electrons. The molecular formula is C24H29N5O3S. The average Bonchev–Trinajstić information content (AvgIpc) is 2.83. The van der Waals surface area contributed by atoms with Crippen LogP contribution in [0.5, 0.6) is 0 Å². The Labute approximate surface area is 195 Å². The van der Waals surface area contributed by atoms with Crippen molar-refractivity contribution in [1.29, 1.82) is 5.26 Å². The van der Waals surface area contributed by atoms with E-state index in [-0.39, 0.29) is 12.5 Å². The lowest BCUT2D eigenvalue weighted by molar-refractivity contribution is -0.129. The van der Waals surface area contributed by atoms with Gasteiger partial charge < -0.3 is 9.80 Å². The second-order valence-corrected chi connectivity index (χ2v) is 10.5. The smallest absolute Gasteiger partial charge is 0.304 e. The van der Waals surface area contributed by atoms with E-state index in [1.54, 1.807) is 38.2 Å². The Kier molecular flexibility index (Phi) is 6.58. The van der Waals surface area contributed by atoms with E-state index in [9.17, 15) is 13.2 Å². The van der Waals surface area contributed by atoms with Gasteiger partial charge >= 0.3 is 10.2 Å². The number of carbonyl (C=O) groups is 1. The number of benzene rings is 2. The number of aryl methyl sites for hydroxylation is 1. The lowest BCUT2D eigenvalue weighted by atomic mass is 10.0. The zero-order chi connectivity index (χ0) is 23.6. The van der Waals surface area contributed by atoms with Gasteiger partial charge in [0.1, 0.15) is 0 Å². The maximum absolute atomic E-state index is 13.4. The van der Waals surface area contributed by atoms with E-state index in [4.69, 9.17) is 5.26 Å². The van der Waals surface area contributed by atoms with E-state index in [1.165, 1.54) is 8.61 Å². The van der Waals surface area contributed by atoms with Crippen LogP contribution in [0.25, 0.3) is 0 Å². The molecule has 2 aliphatic heterocycles.